The number of hydrogen-bond donors (Lipinski definition) is 1. The van der Waals surface area contributed by atoms with E-state index in [1.54, 1.807) is 16.8 Å². The summed E-state index contributed by atoms with van der Waals surface area (Å²) in [4.78, 5) is 11.1. The zero-order valence-electron chi connectivity index (χ0n) is 11.4. The van der Waals surface area contributed by atoms with Gasteiger partial charge in [0.2, 0.25) is 0 Å². The van der Waals surface area contributed by atoms with Crippen LogP contribution >= 0.6 is 0 Å². The maximum atomic E-state index is 11.1. The first-order chi connectivity index (χ1) is 10.1. The Bertz CT molecular complexity index is 820. The lowest BCUT2D eigenvalue weighted by molar-refractivity contribution is 0.0697. The molecule has 0 amide bonds. The van der Waals surface area contributed by atoms with E-state index in [9.17, 15) is 4.79 Å². The third kappa shape index (κ3) is 2.27. The van der Waals surface area contributed by atoms with E-state index in [4.69, 9.17) is 5.11 Å². The number of nitrogens with zero attached hydrogens (tertiary/aromatic N) is 6. The molecule has 0 aliphatic heterocycles. The Kier molecular flexibility index (Phi) is 2.98. The van der Waals surface area contributed by atoms with Gasteiger partial charge in [0, 0.05) is 5.69 Å². The largest absolute Gasteiger partial charge is 0.478 e. The van der Waals surface area contributed by atoms with Gasteiger partial charge in [0.1, 0.15) is 0 Å². The predicted octanol–water partition coefficient (Wildman–Crippen LogP) is 1.16. The second-order valence-electron chi connectivity index (χ2n) is 4.59. The highest BCUT2D eigenvalue weighted by Crippen LogP contribution is 2.15. The van der Waals surface area contributed by atoms with Crippen LogP contribution in [-0.4, -0.2) is 41.1 Å². The van der Waals surface area contributed by atoms with Crippen molar-refractivity contribution < 1.29 is 9.90 Å². The predicted molar refractivity (Wildman–Crippen MR) is 72.7 cm³/mol. The van der Waals surface area contributed by atoms with Gasteiger partial charge in [0.25, 0.3) is 5.95 Å². The Balaban J connectivity index is 2.13. The highest BCUT2D eigenvalue weighted by atomic mass is 16.4. The normalized spacial score (nSPS) is 10.8. The molecular formula is C13H12N6O2. The van der Waals surface area contributed by atoms with Crippen molar-refractivity contribution in [2.24, 2.45) is 0 Å². The van der Waals surface area contributed by atoms with E-state index in [2.05, 4.69) is 20.6 Å². The lowest BCUT2D eigenvalue weighted by atomic mass is 10.2. The van der Waals surface area contributed by atoms with E-state index in [1.165, 1.54) is 16.8 Å². The van der Waals surface area contributed by atoms with Gasteiger partial charge in [0.05, 0.1) is 16.9 Å². The molecular weight excluding hydrogens is 272 g/mol. The van der Waals surface area contributed by atoms with Crippen LogP contribution in [0.3, 0.4) is 0 Å². The van der Waals surface area contributed by atoms with Crippen molar-refractivity contribution in [3.8, 4) is 11.6 Å². The van der Waals surface area contributed by atoms with Crippen LogP contribution in [0.25, 0.3) is 11.6 Å². The minimum absolute atomic E-state index is 0.169. The standard InChI is InChI=1S/C13H12N6O2/c1-8-6-9(2)18(15-8)13-14-16-17-19(13)11-5-3-4-10(7-11)12(20)21/h3-7H,1-2H3,(H,20,21). The fourth-order valence-corrected chi connectivity index (χ4v) is 2.08. The minimum atomic E-state index is -1.00. The van der Waals surface area contributed by atoms with E-state index in [1.807, 2.05) is 19.9 Å². The van der Waals surface area contributed by atoms with Crippen molar-refractivity contribution in [3.05, 3.63) is 47.3 Å². The zero-order chi connectivity index (χ0) is 15.0. The van der Waals surface area contributed by atoms with Crippen LogP contribution in [0.1, 0.15) is 21.7 Å². The van der Waals surface area contributed by atoms with E-state index in [-0.39, 0.29) is 5.56 Å². The Morgan fingerprint density at radius 2 is 2.00 bits per heavy atom. The lowest BCUT2D eigenvalue weighted by Gasteiger charge is -2.06. The van der Waals surface area contributed by atoms with Gasteiger partial charge in [-0.3, -0.25) is 0 Å². The van der Waals surface area contributed by atoms with Gasteiger partial charge in [-0.2, -0.15) is 9.78 Å². The van der Waals surface area contributed by atoms with Gasteiger partial charge in [-0.1, -0.05) is 11.2 Å². The number of hydrogen-bond acceptors (Lipinski definition) is 5. The number of tetrazole rings is 1. The van der Waals surface area contributed by atoms with Crippen molar-refractivity contribution in [1.29, 1.82) is 0 Å². The summed E-state index contributed by atoms with van der Waals surface area (Å²) in [6, 6.07) is 8.31. The van der Waals surface area contributed by atoms with Gasteiger partial charge >= 0.3 is 5.97 Å². The molecule has 8 nitrogen and oxygen atoms in total. The van der Waals surface area contributed by atoms with Crippen molar-refractivity contribution in [3.63, 3.8) is 0 Å². The van der Waals surface area contributed by atoms with E-state index in [0.29, 0.717) is 11.6 Å². The second kappa shape index (κ2) is 4.82. The third-order valence-corrected chi connectivity index (χ3v) is 2.99. The highest BCUT2D eigenvalue weighted by Gasteiger charge is 2.15. The number of aryl methyl sites for hydroxylation is 2. The fraction of sp³-hybridized carbons (Fsp3) is 0.154. The first-order valence-electron chi connectivity index (χ1n) is 6.22. The number of aromatic carboxylic acids is 1. The van der Waals surface area contributed by atoms with Gasteiger partial charge in [-0.05, 0) is 48.5 Å². The Hall–Kier alpha value is -3.03. The van der Waals surface area contributed by atoms with Crippen molar-refractivity contribution in [2.45, 2.75) is 13.8 Å². The molecule has 0 radical (unpaired) electrons. The van der Waals surface area contributed by atoms with Gasteiger partial charge in [0.15, 0.2) is 0 Å². The maximum Gasteiger partial charge on any atom is 0.335 e. The fourth-order valence-electron chi connectivity index (χ4n) is 2.08. The molecule has 3 aromatic rings. The molecule has 8 heteroatoms. The molecule has 0 atom stereocenters. The van der Waals surface area contributed by atoms with E-state index in [0.717, 1.165) is 11.4 Å². The van der Waals surface area contributed by atoms with Crippen LogP contribution in [-0.2, 0) is 0 Å². The molecule has 0 saturated heterocycles. The SMILES string of the molecule is Cc1cc(C)n(-c2nnnn2-c2cccc(C(=O)O)c2)n1. The molecule has 0 bridgehead atoms. The molecule has 3 rings (SSSR count). The Morgan fingerprint density at radius 1 is 1.19 bits per heavy atom. The number of rotatable bonds is 3. The molecule has 106 valence electrons. The molecule has 1 N–H and O–H groups in total. The molecule has 0 aliphatic rings. The molecule has 0 spiro atoms. The molecule has 0 saturated carbocycles. The molecule has 0 fully saturated rings. The summed E-state index contributed by atoms with van der Waals surface area (Å²) >= 11 is 0. The summed E-state index contributed by atoms with van der Waals surface area (Å²) in [6.07, 6.45) is 0. The first-order valence-corrected chi connectivity index (χ1v) is 6.22. The van der Waals surface area contributed by atoms with E-state index >= 15 is 0 Å². The van der Waals surface area contributed by atoms with Crippen LogP contribution in [0.15, 0.2) is 30.3 Å². The maximum absolute atomic E-state index is 11.1. The van der Waals surface area contributed by atoms with Gasteiger partial charge < -0.3 is 5.11 Å². The van der Waals surface area contributed by atoms with Crippen molar-refractivity contribution in [1.82, 2.24) is 30.0 Å². The first kappa shape index (κ1) is 13.0. The quantitative estimate of drug-likeness (QED) is 0.775. The highest BCUT2D eigenvalue weighted by molar-refractivity contribution is 5.88. The topological polar surface area (TPSA) is 98.7 Å². The molecule has 2 aromatic heterocycles. The van der Waals surface area contributed by atoms with Gasteiger partial charge in [-0.15, -0.1) is 0 Å². The van der Waals surface area contributed by atoms with Gasteiger partial charge in [-0.25, -0.2) is 9.48 Å². The third-order valence-electron chi connectivity index (χ3n) is 2.99. The number of carbonyl (C=O) groups is 1. The summed E-state index contributed by atoms with van der Waals surface area (Å²) in [6.45, 7) is 3.77. The average Bonchev–Trinajstić information content (AvgIpc) is 3.05. The summed E-state index contributed by atoms with van der Waals surface area (Å²) in [7, 11) is 0. The average molecular weight is 284 g/mol. The van der Waals surface area contributed by atoms with Crippen LogP contribution in [0.2, 0.25) is 0 Å². The van der Waals surface area contributed by atoms with Crippen LogP contribution in [0.4, 0.5) is 0 Å². The van der Waals surface area contributed by atoms with Crippen molar-refractivity contribution in [2.75, 3.05) is 0 Å². The molecule has 1 aromatic carbocycles. The summed E-state index contributed by atoms with van der Waals surface area (Å²) in [5.41, 5.74) is 2.46. The smallest absolute Gasteiger partial charge is 0.335 e. The van der Waals surface area contributed by atoms with Crippen molar-refractivity contribution >= 4 is 5.97 Å². The summed E-state index contributed by atoms with van der Waals surface area (Å²) in [5.74, 6) is -0.597. The monoisotopic (exact) mass is 284 g/mol. The molecule has 2 heterocycles. The second-order valence-corrected chi connectivity index (χ2v) is 4.59. The molecule has 21 heavy (non-hydrogen) atoms. The minimum Gasteiger partial charge on any atom is -0.478 e. The zero-order valence-corrected chi connectivity index (χ0v) is 11.4. The lowest BCUT2D eigenvalue weighted by Crippen LogP contribution is -2.10. The number of carboxylic acids is 1. The van der Waals surface area contributed by atoms with Crippen LogP contribution < -0.4 is 0 Å². The van der Waals surface area contributed by atoms with Crippen LogP contribution in [0, 0.1) is 13.8 Å². The van der Waals surface area contributed by atoms with Crippen LogP contribution in [0.5, 0.6) is 0 Å². The Labute approximate surface area is 119 Å². The Morgan fingerprint density at radius 3 is 2.67 bits per heavy atom. The summed E-state index contributed by atoms with van der Waals surface area (Å²) < 4.78 is 3.06. The number of aromatic nitrogens is 6. The summed E-state index contributed by atoms with van der Waals surface area (Å²) in [5, 5.41) is 24.9. The number of benzene rings is 1. The number of carboxylic acid groups (broad SMARTS) is 1. The molecule has 0 unspecified atom stereocenters. The van der Waals surface area contributed by atoms with E-state index < -0.39 is 5.97 Å². The molecule has 0 aliphatic carbocycles.